The molecule has 0 spiro atoms. The third-order valence-electron chi connectivity index (χ3n) is 6.68. The molecule has 6 rings (SSSR count). The number of rotatable bonds is 3. The fourth-order valence-electron chi connectivity index (χ4n) is 5.33. The van der Waals surface area contributed by atoms with Crippen molar-refractivity contribution in [3.63, 3.8) is 0 Å². The van der Waals surface area contributed by atoms with Crippen molar-refractivity contribution < 1.29 is 19.5 Å². The van der Waals surface area contributed by atoms with Crippen molar-refractivity contribution in [2.45, 2.75) is 19.4 Å². The van der Waals surface area contributed by atoms with Crippen LogP contribution in [0.15, 0.2) is 30.4 Å². The van der Waals surface area contributed by atoms with Crippen LogP contribution in [0, 0.1) is 35.5 Å². The highest BCUT2D eigenvalue weighted by Crippen LogP contribution is 2.65. The quantitative estimate of drug-likeness (QED) is 0.474. The zero-order valence-electron chi connectivity index (χ0n) is 14.6. The predicted molar refractivity (Wildman–Crippen MR) is 97.8 cm³/mol. The van der Waals surface area contributed by atoms with E-state index in [1.54, 1.807) is 6.92 Å². The van der Waals surface area contributed by atoms with E-state index in [1.165, 1.54) is 18.2 Å². The van der Waals surface area contributed by atoms with Crippen molar-refractivity contribution in [2.75, 3.05) is 5.32 Å². The number of phenolic OH excluding ortho intramolecular Hbond substituents is 1. The van der Waals surface area contributed by atoms with Crippen LogP contribution in [0.4, 0.5) is 5.69 Å². The minimum Gasteiger partial charge on any atom is -0.506 e. The number of hydrogen-bond acceptors (Lipinski definition) is 4. The number of halogens is 1. The molecular formula is C20H19ClN2O4. The summed E-state index contributed by atoms with van der Waals surface area (Å²) in [6.45, 7) is 1.55. The van der Waals surface area contributed by atoms with Crippen LogP contribution >= 0.6 is 11.6 Å². The first-order valence-electron chi connectivity index (χ1n) is 9.23. The van der Waals surface area contributed by atoms with Crippen LogP contribution in [0.3, 0.4) is 0 Å². The van der Waals surface area contributed by atoms with Crippen LogP contribution in [-0.4, -0.2) is 33.8 Å². The van der Waals surface area contributed by atoms with Crippen molar-refractivity contribution >= 4 is 35.0 Å². The number of anilines is 1. The van der Waals surface area contributed by atoms with Gasteiger partial charge in [-0.3, -0.25) is 19.3 Å². The molecule has 3 fully saturated rings. The Morgan fingerprint density at radius 2 is 1.78 bits per heavy atom. The first kappa shape index (κ1) is 16.8. The van der Waals surface area contributed by atoms with E-state index in [2.05, 4.69) is 17.5 Å². The van der Waals surface area contributed by atoms with Crippen LogP contribution in [-0.2, 0) is 14.4 Å². The molecule has 5 aliphatic rings. The number of benzene rings is 1. The van der Waals surface area contributed by atoms with Gasteiger partial charge in [0.25, 0.3) is 0 Å². The highest BCUT2D eigenvalue weighted by Gasteiger charge is 2.67. The average molecular weight is 387 g/mol. The minimum atomic E-state index is -0.943. The Balaban J connectivity index is 1.38. The second-order valence-electron chi connectivity index (χ2n) is 8.03. The van der Waals surface area contributed by atoms with E-state index >= 15 is 0 Å². The third kappa shape index (κ3) is 2.29. The number of aromatic hydroxyl groups is 1. The molecule has 4 aliphatic carbocycles. The highest BCUT2D eigenvalue weighted by atomic mass is 35.5. The lowest BCUT2D eigenvalue weighted by atomic mass is 9.63. The number of carbonyl (C=O) groups excluding carboxylic acids is 3. The smallest absolute Gasteiger partial charge is 0.247 e. The van der Waals surface area contributed by atoms with E-state index in [0.717, 1.165) is 11.3 Å². The molecule has 2 bridgehead atoms. The zero-order valence-corrected chi connectivity index (χ0v) is 15.4. The second-order valence-corrected chi connectivity index (χ2v) is 8.46. The summed E-state index contributed by atoms with van der Waals surface area (Å²) in [5.41, 5.74) is 0.191. The van der Waals surface area contributed by atoms with Gasteiger partial charge in [-0.1, -0.05) is 23.8 Å². The first-order valence-corrected chi connectivity index (χ1v) is 9.61. The van der Waals surface area contributed by atoms with E-state index in [-0.39, 0.29) is 46.9 Å². The fourth-order valence-corrected chi connectivity index (χ4v) is 5.49. The van der Waals surface area contributed by atoms with Gasteiger partial charge >= 0.3 is 0 Å². The summed E-state index contributed by atoms with van der Waals surface area (Å²) in [6.07, 6.45) is 5.30. The Morgan fingerprint density at radius 3 is 2.33 bits per heavy atom. The molecule has 7 heteroatoms. The molecule has 3 amide bonds. The van der Waals surface area contributed by atoms with E-state index in [9.17, 15) is 19.5 Å². The molecule has 1 saturated heterocycles. The van der Waals surface area contributed by atoms with Crippen molar-refractivity contribution in [3.05, 3.63) is 35.4 Å². The summed E-state index contributed by atoms with van der Waals surface area (Å²) >= 11 is 5.80. The number of phenols is 1. The Kier molecular flexibility index (Phi) is 3.47. The summed E-state index contributed by atoms with van der Waals surface area (Å²) in [4.78, 5) is 39.9. The van der Waals surface area contributed by atoms with Gasteiger partial charge in [0.15, 0.2) is 0 Å². The van der Waals surface area contributed by atoms with Gasteiger partial charge in [-0.15, -0.1) is 0 Å². The number of likely N-dealkylation sites (tertiary alicyclic amines) is 1. The molecule has 0 unspecified atom stereocenters. The highest BCUT2D eigenvalue weighted by molar-refractivity contribution is 6.30. The molecule has 0 aromatic heterocycles. The maximum absolute atomic E-state index is 13.0. The Morgan fingerprint density at radius 1 is 1.19 bits per heavy atom. The van der Waals surface area contributed by atoms with Crippen LogP contribution in [0.5, 0.6) is 5.75 Å². The molecule has 0 radical (unpaired) electrons. The maximum atomic E-state index is 13.0. The largest absolute Gasteiger partial charge is 0.506 e. The van der Waals surface area contributed by atoms with E-state index in [4.69, 9.17) is 11.6 Å². The van der Waals surface area contributed by atoms with Gasteiger partial charge in [0.2, 0.25) is 17.7 Å². The number of nitrogens with zero attached hydrogens (tertiary/aromatic N) is 1. The Bertz CT molecular complexity index is 877. The standard InChI is InChI=1S/C20H19ClN2O4/c1-8(18(25)22-14-5-2-9(21)6-15(14)24)23-19(26)16-10-3-4-11(13-7-12(10)13)17(16)20(23)27/h2-6,8,10-13,16-17,24H,7H2,1H3,(H,22,25)/t8-,10+,11+,12-,13+,16-,17-/m1/s1. The molecule has 2 N–H and O–H groups in total. The van der Waals surface area contributed by atoms with Gasteiger partial charge in [-0.05, 0) is 49.1 Å². The summed E-state index contributed by atoms with van der Waals surface area (Å²) in [7, 11) is 0. The predicted octanol–water partition coefficient (Wildman–Crippen LogP) is 2.43. The van der Waals surface area contributed by atoms with Crippen molar-refractivity contribution in [1.29, 1.82) is 0 Å². The third-order valence-corrected chi connectivity index (χ3v) is 6.92. The van der Waals surface area contributed by atoms with E-state index in [0.29, 0.717) is 16.9 Å². The molecule has 1 aromatic carbocycles. The SMILES string of the molecule is C[C@H](C(=O)Nc1ccc(Cl)cc1O)N1C(=O)[C@@H]2[C@H]3C=C[C@@H]([C@@H]4C[C@H]34)[C@H]2C1=O. The first-order chi connectivity index (χ1) is 12.9. The van der Waals surface area contributed by atoms with Crippen molar-refractivity contribution in [3.8, 4) is 5.75 Å². The van der Waals surface area contributed by atoms with Crippen molar-refractivity contribution in [2.24, 2.45) is 35.5 Å². The summed E-state index contributed by atoms with van der Waals surface area (Å²) < 4.78 is 0. The lowest BCUT2D eigenvalue weighted by Gasteiger charge is -2.37. The van der Waals surface area contributed by atoms with Crippen LogP contribution < -0.4 is 5.32 Å². The summed E-state index contributed by atoms with van der Waals surface area (Å²) in [6, 6.07) is 3.39. The van der Waals surface area contributed by atoms with Crippen LogP contribution in [0.25, 0.3) is 0 Å². The molecule has 1 aromatic rings. The lowest BCUT2D eigenvalue weighted by Crippen LogP contribution is -2.46. The molecule has 1 aliphatic heterocycles. The number of nitrogens with one attached hydrogen (secondary N) is 1. The number of carbonyl (C=O) groups is 3. The average Bonchev–Trinajstić information content (AvgIpc) is 3.41. The molecule has 7 atom stereocenters. The monoisotopic (exact) mass is 386 g/mol. The second kappa shape index (κ2) is 5.58. The topological polar surface area (TPSA) is 86.7 Å². The molecule has 27 heavy (non-hydrogen) atoms. The fraction of sp³-hybridized carbons (Fsp3) is 0.450. The molecule has 2 saturated carbocycles. The number of hydrogen-bond donors (Lipinski definition) is 2. The van der Waals surface area contributed by atoms with Gasteiger partial charge in [0, 0.05) is 11.1 Å². The molecule has 140 valence electrons. The zero-order chi connectivity index (χ0) is 19.0. The van der Waals surface area contributed by atoms with Crippen molar-refractivity contribution in [1.82, 2.24) is 4.90 Å². The number of amides is 3. The summed E-state index contributed by atoms with van der Waals surface area (Å²) in [5, 5.41) is 12.8. The molecule has 1 heterocycles. The number of allylic oxidation sites excluding steroid dienone is 2. The van der Waals surface area contributed by atoms with Gasteiger partial charge in [0.05, 0.1) is 17.5 Å². The van der Waals surface area contributed by atoms with Gasteiger partial charge in [-0.25, -0.2) is 0 Å². The van der Waals surface area contributed by atoms with E-state index < -0.39 is 11.9 Å². The minimum absolute atomic E-state index is 0.127. The van der Waals surface area contributed by atoms with Gasteiger partial charge < -0.3 is 10.4 Å². The van der Waals surface area contributed by atoms with Gasteiger partial charge in [0.1, 0.15) is 11.8 Å². The van der Waals surface area contributed by atoms with E-state index in [1.807, 2.05) is 0 Å². The van der Waals surface area contributed by atoms with Crippen LogP contribution in [0.1, 0.15) is 13.3 Å². The lowest BCUT2D eigenvalue weighted by molar-refractivity contribution is -0.146. The normalized spacial score (nSPS) is 36.4. The van der Waals surface area contributed by atoms with Gasteiger partial charge in [-0.2, -0.15) is 0 Å². The Labute approximate surface area is 161 Å². The van der Waals surface area contributed by atoms with Crippen LogP contribution in [0.2, 0.25) is 5.02 Å². The molecular weight excluding hydrogens is 368 g/mol. The maximum Gasteiger partial charge on any atom is 0.247 e. The Hall–Kier alpha value is -2.34. The summed E-state index contributed by atoms with van der Waals surface area (Å²) in [5.74, 6) is -0.511. The molecule has 6 nitrogen and oxygen atoms in total. The number of imide groups is 1.